The van der Waals surface area contributed by atoms with Crippen molar-refractivity contribution < 1.29 is 14.3 Å². The molecule has 0 bridgehead atoms. The second-order valence-corrected chi connectivity index (χ2v) is 7.23. The van der Waals surface area contributed by atoms with Crippen LogP contribution in [-0.4, -0.2) is 43.1 Å². The van der Waals surface area contributed by atoms with Gasteiger partial charge in [0.25, 0.3) is 0 Å². The number of anilines is 2. The molecule has 0 aromatic heterocycles. The molecule has 7 heteroatoms. The van der Waals surface area contributed by atoms with E-state index in [1.54, 1.807) is 25.3 Å². The van der Waals surface area contributed by atoms with Crippen molar-refractivity contribution in [3.8, 4) is 5.75 Å². The highest BCUT2D eigenvalue weighted by atomic mass is 16.5. The van der Waals surface area contributed by atoms with Crippen LogP contribution in [0.25, 0.3) is 0 Å². The number of carbonyl (C=O) groups is 2. The van der Waals surface area contributed by atoms with Crippen molar-refractivity contribution in [3.63, 3.8) is 0 Å². The Labute approximate surface area is 171 Å². The molecule has 1 fully saturated rings. The van der Waals surface area contributed by atoms with E-state index in [4.69, 9.17) is 4.74 Å². The first-order chi connectivity index (χ1) is 14.0. The Hall–Kier alpha value is -3.06. The number of amides is 3. The van der Waals surface area contributed by atoms with Crippen LogP contribution in [0.3, 0.4) is 0 Å². The number of urea groups is 1. The Morgan fingerprint density at radius 2 is 1.79 bits per heavy atom. The summed E-state index contributed by atoms with van der Waals surface area (Å²) in [4.78, 5) is 26.1. The molecule has 1 aliphatic heterocycles. The second-order valence-electron chi connectivity index (χ2n) is 7.23. The van der Waals surface area contributed by atoms with Crippen molar-refractivity contribution in [2.45, 2.75) is 32.4 Å². The lowest BCUT2D eigenvalue weighted by atomic mass is 10.0. The highest BCUT2D eigenvalue weighted by molar-refractivity contribution is 5.94. The van der Waals surface area contributed by atoms with Gasteiger partial charge in [-0.25, -0.2) is 4.79 Å². The third-order valence-electron chi connectivity index (χ3n) is 4.94. The highest BCUT2D eigenvalue weighted by Gasteiger charge is 2.21. The molecule has 0 spiro atoms. The van der Waals surface area contributed by atoms with Crippen LogP contribution in [0.5, 0.6) is 5.75 Å². The minimum absolute atomic E-state index is 0.131. The van der Waals surface area contributed by atoms with Crippen LogP contribution in [-0.2, 0) is 11.3 Å². The lowest BCUT2D eigenvalue weighted by Crippen LogP contribution is -2.45. The predicted octanol–water partition coefficient (Wildman–Crippen LogP) is 3.44. The molecule has 0 unspecified atom stereocenters. The van der Waals surface area contributed by atoms with Gasteiger partial charge in [0.15, 0.2) is 0 Å². The molecule has 0 radical (unpaired) electrons. The van der Waals surface area contributed by atoms with Crippen molar-refractivity contribution in [1.29, 1.82) is 0 Å². The monoisotopic (exact) mass is 396 g/mol. The summed E-state index contributed by atoms with van der Waals surface area (Å²) in [6.45, 7) is 4.27. The molecule has 3 rings (SSSR count). The lowest BCUT2D eigenvalue weighted by Gasteiger charge is -2.32. The van der Waals surface area contributed by atoms with Gasteiger partial charge in [-0.1, -0.05) is 30.3 Å². The standard InChI is InChI=1S/C22H28N4O3/c1-16(27)23-19-8-9-21(29-2)20(14-19)25-22(28)24-18-10-12-26(13-11-18)15-17-6-4-3-5-7-17/h3-9,14,18H,10-13,15H2,1-2H3,(H,23,27)(H2,24,25,28). The number of ether oxygens (including phenoxy) is 1. The van der Waals surface area contributed by atoms with Gasteiger partial charge in [0.2, 0.25) is 5.91 Å². The SMILES string of the molecule is COc1ccc(NC(C)=O)cc1NC(=O)NC1CCN(Cc2ccccc2)CC1. The Morgan fingerprint density at radius 3 is 2.45 bits per heavy atom. The molecule has 2 aromatic carbocycles. The van der Waals surface area contributed by atoms with E-state index in [9.17, 15) is 9.59 Å². The van der Waals surface area contributed by atoms with Crippen molar-refractivity contribution >= 4 is 23.3 Å². The number of rotatable bonds is 6. The quantitative estimate of drug-likeness (QED) is 0.699. The molecule has 1 saturated heterocycles. The molecule has 3 amide bonds. The van der Waals surface area contributed by atoms with E-state index < -0.39 is 0 Å². The van der Waals surface area contributed by atoms with Crippen LogP contribution in [0.2, 0.25) is 0 Å². The van der Waals surface area contributed by atoms with Gasteiger partial charge in [-0.05, 0) is 36.6 Å². The summed E-state index contributed by atoms with van der Waals surface area (Å²) in [6, 6.07) is 15.4. The smallest absolute Gasteiger partial charge is 0.319 e. The van der Waals surface area contributed by atoms with E-state index in [0.29, 0.717) is 17.1 Å². The topological polar surface area (TPSA) is 82.7 Å². The van der Waals surface area contributed by atoms with E-state index in [0.717, 1.165) is 32.5 Å². The normalized spacial score (nSPS) is 14.8. The fourth-order valence-electron chi connectivity index (χ4n) is 3.51. The summed E-state index contributed by atoms with van der Waals surface area (Å²) in [6.07, 6.45) is 1.81. The zero-order chi connectivity index (χ0) is 20.6. The van der Waals surface area contributed by atoms with Gasteiger partial charge in [0.1, 0.15) is 5.75 Å². The van der Waals surface area contributed by atoms with Gasteiger partial charge < -0.3 is 20.7 Å². The maximum Gasteiger partial charge on any atom is 0.319 e. The van der Waals surface area contributed by atoms with Crippen molar-refractivity contribution in [2.75, 3.05) is 30.8 Å². The average Bonchev–Trinajstić information content (AvgIpc) is 2.70. The third kappa shape index (κ3) is 6.22. The molecule has 0 aliphatic carbocycles. The Balaban J connectivity index is 1.50. The first kappa shape index (κ1) is 20.7. The molecule has 7 nitrogen and oxygen atoms in total. The van der Waals surface area contributed by atoms with Crippen LogP contribution < -0.4 is 20.7 Å². The third-order valence-corrected chi connectivity index (χ3v) is 4.94. The largest absolute Gasteiger partial charge is 0.495 e. The van der Waals surface area contributed by atoms with Crippen LogP contribution in [0, 0.1) is 0 Å². The van der Waals surface area contributed by atoms with E-state index in [-0.39, 0.29) is 18.0 Å². The van der Waals surface area contributed by atoms with Crippen LogP contribution >= 0.6 is 0 Å². The van der Waals surface area contributed by atoms with Gasteiger partial charge in [0.05, 0.1) is 12.8 Å². The number of carbonyl (C=O) groups excluding carboxylic acids is 2. The molecule has 0 atom stereocenters. The average molecular weight is 396 g/mol. The van der Waals surface area contributed by atoms with Gasteiger partial charge in [0, 0.05) is 38.3 Å². The summed E-state index contributed by atoms with van der Waals surface area (Å²) >= 11 is 0. The van der Waals surface area contributed by atoms with Gasteiger partial charge in [-0.2, -0.15) is 0 Å². The van der Waals surface area contributed by atoms with E-state index >= 15 is 0 Å². The number of benzene rings is 2. The zero-order valence-corrected chi connectivity index (χ0v) is 16.9. The molecule has 3 N–H and O–H groups in total. The second kappa shape index (κ2) is 9.93. The van der Waals surface area contributed by atoms with E-state index in [1.165, 1.54) is 12.5 Å². The van der Waals surface area contributed by atoms with Crippen LogP contribution in [0.4, 0.5) is 16.2 Å². The fourth-order valence-corrected chi connectivity index (χ4v) is 3.51. The molecule has 1 aliphatic rings. The molecule has 1 heterocycles. The predicted molar refractivity (Wildman–Crippen MR) is 114 cm³/mol. The number of nitrogens with one attached hydrogen (secondary N) is 3. The minimum Gasteiger partial charge on any atom is -0.495 e. The first-order valence-corrected chi connectivity index (χ1v) is 9.83. The number of piperidine rings is 1. The Bertz CT molecular complexity index is 833. The zero-order valence-electron chi connectivity index (χ0n) is 16.9. The van der Waals surface area contributed by atoms with Crippen molar-refractivity contribution in [1.82, 2.24) is 10.2 Å². The Kier molecular flexibility index (Phi) is 7.08. The number of nitrogens with zero attached hydrogens (tertiary/aromatic N) is 1. The minimum atomic E-state index is -0.273. The molecular weight excluding hydrogens is 368 g/mol. The fraction of sp³-hybridized carbons (Fsp3) is 0.364. The number of hydrogen-bond donors (Lipinski definition) is 3. The summed E-state index contributed by atoms with van der Waals surface area (Å²) in [7, 11) is 1.54. The Morgan fingerprint density at radius 1 is 1.07 bits per heavy atom. The summed E-state index contributed by atoms with van der Waals surface area (Å²) in [5, 5.41) is 8.58. The number of likely N-dealkylation sites (tertiary alicyclic amines) is 1. The molecule has 0 saturated carbocycles. The molecule has 154 valence electrons. The van der Waals surface area contributed by atoms with Crippen LogP contribution in [0.1, 0.15) is 25.3 Å². The van der Waals surface area contributed by atoms with E-state index in [2.05, 4.69) is 45.1 Å². The van der Waals surface area contributed by atoms with Gasteiger partial charge >= 0.3 is 6.03 Å². The maximum atomic E-state index is 12.5. The number of hydrogen-bond acceptors (Lipinski definition) is 4. The molecular formula is C22H28N4O3. The first-order valence-electron chi connectivity index (χ1n) is 9.83. The summed E-state index contributed by atoms with van der Waals surface area (Å²) in [5.41, 5.74) is 2.42. The van der Waals surface area contributed by atoms with Gasteiger partial charge in [-0.15, -0.1) is 0 Å². The van der Waals surface area contributed by atoms with E-state index in [1.807, 2.05) is 6.07 Å². The van der Waals surface area contributed by atoms with Crippen molar-refractivity contribution in [2.24, 2.45) is 0 Å². The number of methoxy groups -OCH3 is 1. The van der Waals surface area contributed by atoms with Gasteiger partial charge in [-0.3, -0.25) is 9.69 Å². The molecule has 2 aromatic rings. The maximum absolute atomic E-state index is 12.5. The summed E-state index contributed by atoms with van der Waals surface area (Å²) < 4.78 is 5.30. The summed E-state index contributed by atoms with van der Waals surface area (Å²) in [5.74, 6) is 0.361. The van der Waals surface area contributed by atoms with Crippen molar-refractivity contribution in [3.05, 3.63) is 54.1 Å². The highest BCUT2D eigenvalue weighted by Crippen LogP contribution is 2.28. The lowest BCUT2D eigenvalue weighted by molar-refractivity contribution is -0.114. The molecule has 29 heavy (non-hydrogen) atoms. The van der Waals surface area contributed by atoms with Crippen LogP contribution in [0.15, 0.2) is 48.5 Å².